The number of ether oxygens (including phenoxy) is 1. The maximum atomic E-state index is 13.0. The second-order valence-electron chi connectivity index (χ2n) is 6.80. The van der Waals surface area contributed by atoms with E-state index in [1.807, 2.05) is 48.5 Å². The Kier molecular flexibility index (Phi) is 3.83. The number of likely N-dealkylation sites (N-methyl/N-ethyl adjacent to an activating group) is 1. The molecule has 1 N–H and O–H groups in total. The third-order valence-corrected chi connectivity index (χ3v) is 5.38. The highest BCUT2D eigenvalue weighted by molar-refractivity contribution is 6.09. The van der Waals surface area contributed by atoms with Crippen LogP contribution < -0.4 is 15.0 Å². The van der Waals surface area contributed by atoms with Gasteiger partial charge in [0.05, 0.1) is 12.5 Å². The Morgan fingerprint density at radius 2 is 1.96 bits per heavy atom. The lowest BCUT2D eigenvalue weighted by Crippen LogP contribution is -2.42. The number of likely N-dealkylation sites (tertiary alicyclic amines) is 1. The van der Waals surface area contributed by atoms with Gasteiger partial charge in [-0.1, -0.05) is 18.2 Å². The molecule has 1 fully saturated rings. The average Bonchev–Trinajstić information content (AvgIpc) is 3.20. The number of benzene rings is 2. The van der Waals surface area contributed by atoms with Crippen LogP contribution in [0.1, 0.15) is 12.0 Å². The van der Waals surface area contributed by atoms with Gasteiger partial charge in [-0.3, -0.25) is 4.79 Å². The van der Waals surface area contributed by atoms with E-state index in [4.69, 9.17) is 4.74 Å². The molecule has 2 heterocycles. The molecule has 2 aromatic rings. The third kappa shape index (κ3) is 2.41. The van der Waals surface area contributed by atoms with Crippen LogP contribution in [-0.2, 0) is 10.2 Å². The first kappa shape index (κ1) is 16.4. The molecule has 6 nitrogen and oxygen atoms in total. The van der Waals surface area contributed by atoms with Gasteiger partial charge in [0.2, 0.25) is 5.91 Å². The lowest BCUT2D eigenvalue weighted by atomic mass is 9.81. The fourth-order valence-electron chi connectivity index (χ4n) is 3.97. The Balaban J connectivity index is 1.61. The topological polar surface area (TPSA) is 61.9 Å². The number of rotatable bonds is 2. The summed E-state index contributed by atoms with van der Waals surface area (Å²) in [5.74, 6) is 0.758. The van der Waals surface area contributed by atoms with E-state index in [1.165, 1.54) is 0 Å². The summed E-state index contributed by atoms with van der Waals surface area (Å²) in [5, 5.41) is 2.90. The monoisotopic (exact) mass is 351 g/mol. The molecule has 0 radical (unpaired) electrons. The number of carbonyl (C=O) groups is 2. The van der Waals surface area contributed by atoms with Crippen molar-refractivity contribution in [2.45, 2.75) is 11.8 Å². The number of hydrogen-bond donors (Lipinski definition) is 1. The number of nitrogens with one attached hydrogen (secondary N) is 1. The van der Waals surface area contributed by atoms with Gasteiger partial charge in [-0.25, -0.2) is 4.79 Å². The van der Waals surface area contributed by atoms with Crippen LogP contribution in [0.15, 0.2) is 48.5 Å². The normalized spacial score (nSPS) is 21.2. The van der Waals surface area contributed by atoms with Crippen LogP contribution in [0.25, 0.3) is 0 Å². The highest BCUT2D eigenvalue weighted by Crippen LogP contribution is 2.48. The Morgan fingerprint density at radius 3 is 2.69 bits per heavy atom. The van der Waals surface area contributed by atoms with Crippen LogP contribution in [0.5, 0.6) is 5.75 Å². The number of methoxy groups -OCH3 is 1. The molecule has 26 heavy (non-hydrogen) atoms. The van der Waals surface area contributed by atoms with E-state index in [0.717, 1.165) is 22.7 Å². The third-order valence-electron chi connectivity index (χ3n) is 5.38. The van der Waals surface area contributed by atoms with Crippen molar-refractivity contribution in [3.63, 3.8) is 0 Å². The molecule has 1 unspecified atom stereocenters. The van der Waals surface area contributed by atoms with Crippen molar-refractivity contribution >= 4 is 23.3 Å². The first-order chi connectivity index (χ1) is 12.5. The molecule has 4 rings (SSSR count). The quantitative estimate of drug-likeness (QED) is 0.905. The predicted molar refractivity (Wildman–Crippen MR) is 99.7 cm³/mol. The molecular weight excluding hydrogens is 330 g/mol. The molecule has 0 aliphatic carbocycles. The number of carbonyl (C=O) groups excluding carboxylic acids is 2. The maximum absolute atomic E-state index is 13.0. The molecule has 1 spiro atoms. The fraction of sp³-hybridized carbons (Fsp3) is 0.300. The van der Waals surface area contributed by atoms with Gasteiger partial charge in [0, 0.05) is 31.5 Å². The molecule has 6 heteroatoms. The summed E-state index contributed by atoms with van der Waals surface area (Å²) in [6.07, 6.45) is 0.610. The molecule has 1 atom stereocenters. The second-order valence-corrected chi connectivity index (χ2v) is 6.80. The largest absolute Gasteiger partial charge is 0.497 e. The first-order valence-corrected chi connectivity index (χ1v) is 8.63. The molecule has 0 bridgehead atoms. The van der Waals surface area contributed by atoms with Gasteiger partial charge in [0.25, 0.3) is 0 Å². The highest BCUT2D eigenvalue weighted by Gasteiger charge is 2.54. The minimum atomic E-state index is -0.688. The van der Waals surface area contributed by atoms with E-state index in [1.54, 1.807) is 24.0 Å². The summed E-state index contributed by atoms with van der Waals surface area (Å²) in [6, 6.07) is 14.9. The maximum Gasteiger partial charge on any atom is 0.321 e. The molecule has 134 valence electrons. The van der Waals surface area contributed by atoms with E-state index < -0.39 is 5.41 Å². The second kappa shape index (κ2) is 6.05. The van der Waals surface area contributed by atoms with E-state index in [2.05, 4.69) is 5.32 Å². The smallest absolute Gasteiger partial charge is 0.321 e. The Morgan fingerprint density at radius 1 is 1.19 bits per heavy atom. The van der Waals surface area contributed by atoms with Gasteiger partial charge in [-0.05, 0) is 42.3 Å². The number of hydrogen-bond acceptors (Lipinski definition) is 3. The van der Waals surface area contributed by atoms with E-state index in [-0.39, 0.29) is 11.9 Å². The molecule has 1 saturated heterocycles. The Hall–Kier alpha value is -3.02. The molecule has 2 aromatic carbocycles. The summed E-state index contributed by atoms with van der Waals surface area (Å²) in [7, 11) is 3.40. The number of anilines is 2. The Bertz CT molecular complexity index is 868. The number of para-hydroxylation sites is 1. The fourth-order valence-corrected chi connectivity index (χ4v) is 3.97. The van der Waals surface area contributed by atoms with Gasteiger partial charge in [-0.2, -0.15) is 0 Å². The summed E-state index contributed by atoms with van der Waals surface area (Å²) in [5.41, 5.74) is 1.89. The van der Waals surface area contributed by atoms with Crippen LogP contribution >= 0.6 is 0 Å². The summed E-state index contributed by atoms with van der Waals surface area (Å²) in [6.45, 7) is 0.907. The molecule has 0 saturated carbocycles. The standard InChI is InChI=1S/C20H21N3O3/c1-22-17-9-8-15(26-2)12-16(17)20(18(22)24)10-11-23(13-20)19(25)21-14-6-4-3-5-7-14/h3-9,12H,10-11,13H2,1-2H3,(H,21,25). The number of nitrogens with zero attached hydrogens (tertiary/aromatic N) is 2. The van der Waals surface area contributed by atoms with Crippen LogP contribution in [0.4, 0.5) is 16.2 Å². The predicted octanol–water partition coefficient (Wildman–Crippen LogP) is 2.85. The van der Waals surface area contributed by atoms with E-state index in [9.17, 15) is 9.59 Å². The van der Waals surface area contributed by atoms with Crippen molar-refractivity contribution in [3.05, 3.63) is 54.1 Å². The number of amides is 3. The van der Waals surface area contributed by atoms with Crippen LogP contribution in [0.3, 0.4) is 0 Å². The van der Waals surface area contributed by atoms with Crippen molar-refractivity contribution in [3.8, 4) is 5.75 Å². The zero-order valence-corrected chi connectivity index (χ0v) is 14.9. The minimum Gasteiger partial charge on any atom is -0.497 e. The first-order valence-electron chi connectivity index (χ1n) is 8.63. The zero-order valence-electron chi connectivity index (χ0n) is 14.9. The SMILES string of the molecule is COc1ccc2c(c1)C1(CCN(C(=O)Nc3ccccc3)C1)C(=O)N2C. The van der Waals surface area contributed by atoms with Crippen molar-refractivity contribution in [1.82, 2.24) is 4.90 Å². The van der Waals surface area contributed by atoms with Crippen molar-refractivity contribution in [2.75, 3.05) is 37.5 Å². The molecule has 3 amide bonds. The van der Waals surface area contributed by atoms with Crippen LogP contribution in [0.2, 0.25) is 0 Å². The zero-order chi connectivity index (χ0) is 18.3. The van der Waals surface area contributed by atoms with E-state index in [0.29, 0.717) is 19.5 Å². The Labute approximate surface area is 152 Å². The van der Waals surface area contributed by atoms with Crippen molar-refractivity contribution in [2.24, 2.45) is 0 Å². The summed E-state index contributed by atoms with van der Waals surface area (Å²) >= 11 is 0. The van der Waals surface area contributed by atoms with Crippen LogP contribution in [0, 0.1) is 0 Å². The molecule has 0 aromatic heterocycles. The number of urea groups is 1. The average molecular weight is 351 g/mol. The summed E-state index contributed by atoms with van der Waals surface area (Å²) in [4.78, 5) is 29.1. The van der Waals surface area contributed by atoms with Gasteiger partial charge < -0.3 is 19.9 Å². The van der Waals surface area contributed by atoms with Gasteiger partial charge in [0.1, 0.15) is 5.75 Å². The van der Waals surface area contributed by atoms with Gasteiger partial charge >= 0.3 is 6.03 Å². The molecule has 2 aliphatic rings. The molecular formula is C20H21N3O3. The molecule has 2 aliphatic heterocycles. The van der Waals surface area contributed by atoms with Gasteiger partial charge in [-0.15, -0.1) is 0 Å². The van der Waals surface area contributed by atoms with E-state index >= 15 is 0 Å². The number of fused-ring (bicyclic) bond motifs is 2. The highest BCUT2D eigenvalue weighted by atomic mass is 16.5. The lowest BCUT2D eigenvalue weighted by Gasteiger charge is -2.23. The van der Waals surface area contributed by atoms with Crippen molar-refractivity contribution in [1.29, 1.82) is 0 Å². The van der Waals surface area contributed by atoms with Crippen LogP contribution in [-0.4, -0.2) is 44.1 Å². The lowest BCUT2D eigenvalue weighted by molar-refractivity contribution is -0.122. The summed E-state index contributed by atoms with van der Waals surface area (Å²) < 4.78 is 5.34. The minimum absolute atomic E-state index is 0.0377. The van der Waals surface area contributed by atoms with Gasteiger partial charge in [0.15, 0.2) is 0 Å². The van der Waals surface area contributed by atoms with Crippen molar-refractivity contribution < 1.29 is 14.3 Å².